The van der Waals surface area contributed by atoms with Crippen LogP contribution in [-0.4, -0.2) is 25.5 Å². The summed E-state index contributed by atoms with van der Waals surface area (Å²) in [5, 5.41) is 0. The SMILES string of the molecule is CN(C)CC/C=C(/c1ccccc1)c1ccc(C(F)(F)F)cc1. The smallest absolute Gasteiger partial charge is 0.309 e. The van der Waals surface area contributed by atoms with Gasteiger partial charge in [0, 0.05) is 6.54 Å². The van der Waals surface area contributed by atoms with Crippen molar-refractivity contribution in [2.24, 2.45) is 0 Å². The van der Waals surface area contributed by atoms with Gasteiger partial charge in [-0.15, -0.1) is 0 Å². The van der Waals surface area contributed by atoms with E-state index in [-0.39, 0.29) is 0 Å². The molecular weight excluding hydrogens is 299 g/mol. The van der Waals surface area contributed by atoms with Crippen LogP contribution in [0.2, 0.25) is 0 Å². The maximum absolute atomic E-state index is 12.7. The van der Waals surface area contributed by atoms with Crippen molar-refractivity contribution in [3.63, 3.8) is 0 Å². The van der Waals surface area contributed by atoms with Crippen LogP contribution in [0.4, 0.5) is 13.2 Å². The molecule has 2 rings (SSSR count). The third-order valence-corrected chi connectivity index (χ3v) is 3.53. The Hall–Kier alpha value is -2.07. The van der Waals surface area contributed by atoms with Crippen LogP contribution in [0.5, 0.6) is 0 Å². The van der Waals surface area contributed by atoms with E-state index in [9.17, 15) is 13.2 Å². The molecule has 0 radical (unpaired) electrons. The van der Waals surface area contributed by atoms with Gasteiger partial charge in [0.15, 0.2) is 0 Å². The zero-order chi connectivity index (χ0) is 16.9. The van der Waals surface area contributed by atoms with Crippen molar-refractivity contribution < 1.29 is 13.2 Å². The van der Waals surface area contributed by atoms with Gasteiger partial charge >= 0.3 is 6.18 Å². The first-order valence-corrected chi connectivity index (χ1v) is 7.46. The lowest BCUT2D eigenvalue weighted by atomic mass is 9.96. The van der Waals surface area contributed by atoms with Crippen molar-refractivity contribution in [3.8, 4) is 0 Å². The molecule has 1 nitrogen and oxygen atoms in total. The maximum Gasteiger partial charge on any atom is 0.416 e. The summed E-state index contributed by atoms with van der Waals surface area (Å²) in [4.78, 5) is 2.08. The minimum absolute atomic E-state index is 0.623. The minimum Gasteiger partial charge on any atom is -0.309 e. The van der Waals surface area contributed by atoms with Crippen LogP contribution in [0.1, 0.15) is 23.1 Å². The van der Waals surface area contributed by atoms with Crippen molar-refractivity contribution in [1.29, 1.82) is 0 Å². The van der Waals surface area contributed by atoms with E-state index in [1.165, 1.54) is 12.1 Å². The molecule has 2 aromatic rings. The predicted octanol–water partition coefficient (Wildman–Crippen LogP) is 5.09. The number of hydrogen-bond donors (Lipinski definition) is 0. The number of alkyl halides is 3. The van der Waals surface area contributed by atoms with Crippen LogP contribution in [0, 0.1) is 0 Å². The van der Waals surface area contributed by atoms with E-state index in [2.05, 4.69) is 11.0 Å². The number of halogens is 3. The highest BCUT2D eigenvalue weighted by Gasteiger charge is 2.30. The molecule has 0 saturated heterocycles. The molecule has 0 aliphatic heterocycles. The molecule has 0 N–H and O–H groups in total. The highest BCUT2D eigenvalue weighted by molar-refractivity contribution is 5.79. The number of rotatable bonds is 5. The van der Waals surface area contributed by atoms with E-state index in [1.807, 2.05) is 44.4 Å². The van der Waals surface area contributed by atoms with Crippen molar-refractivity contribution in [2.45, 2.75) is 12.6 Å². The molecule has 0 aliphatic rings. The molecule has 0 aliphatic carbocycles. The summed E-state index contributed by atoms with van der Waals surface area (Å²) in [7, 11) is 3.99. The first-order valence-electron chi connectivity index (χ1n) is 7.46. The zero-order valence-corrected chi connectivity index (χ0v) is 13.3. The molecule has 0 amide bonds. The molecule has 0 aromatic heterocycles. The molecule has 0 saturated carbocycles. The first kappa shape index (κ1) is 17.3. The second-order valence-electron chi connectivity index (χ2n) is 5.65. The van der Waals surface area contributed by atoms with Gasteiger partial charge in [0.05, 0.1) is 5.56 Å². The molecule has 2 aromatic carbocycles. The Kier molecular flexibility index (Phi) is 5.61. The van der Waals surface area contributed by atoms with Gasteiger partial charge in [-0.2, -0.15) is 13.2 Å². The summed E-state index contributed by atoms with van der Waals surface area (Å²) in [6.45, 7) is 0.886. The van der Waals surface area contributed by atoms with E-state index < -0.39 is 11.7 Å². The van der Waals surface area contributed by atoms with Gasteiger partial charge in [-0.3, -0.25) is 0 Å². The summed E-state index contributed by atoms with van der Waals surface area (Å²) >= 11 is 0. The Morgan fingerprint density at radius 1 is 0.913 bits per heavy atom. The van der Waals surface area contributed by atoms with Crippen molar-refractivity contribution >= 4 is 5.57 Å². The maximum atomic E-state index is 12.7. The second-order valence-corrected chi connectivity index (χ2v) is 5.65. The van der Waals surface area contributed by atoms with Crippen LogP contribution >= 0.6 is 0 Å². The van der Waals surface area contributed by atoms with Gasteiger partial charge in [0.2, 0.25) is 0 Å². The molecule has 0 fully saturated rings. The Morgan fingerprint density at radius 3 is 2.00 bits per heavy atom. The van der Waals surface area contributed by atoms with Crippen LogP contribution in [0.3, 0.4) is 0 Å². The standard InChI is InChI=1S/C19H20F3N/c1-23(2)14-6-9-18(15-7-4-3-5-8-15)16-10-12-17(13-11-16)19(20,21)22/h3-5,7-13H,6,14H2,1-2H3/b18-9-. The molecule has 4 heteroatoms. The van der Waals surface area contributed by atoms with Gasteiger partial charge in [-0.05, 0) is 49.3 Å². The molecule has 0 atom stereocenters. The monoisotopic (exact) mass is 319 g/mol. The summed E-state index contributed by atoms with van der Waals surface area (Å²) < 4.78 is 38.1. The van der Waals surface area contributed by atoms with Crippen LogP contribution < -0.4 is 0 Å². The number of nitrogens with zero attached hydrogens (tertiary/aromatic N) is 1. The number of benzene rings is 2. The molecule has 0 bridgehead atoms. The quantitative estimate of drug-likeness (QED) is 0.742. The van der Waals surface area contributed by atoms with Crippen molar-refractivity contribution in [1.82, 2.24) is 4.90 Å². The van der Waals surface area contributed by atoms with Gasteiger partial charge in [0.25, 0.3) is 0 Å². The summed E-state index contributed by atoms with van der Waals surface area (Å²) in [5.41, 5.74) is 2.14. The Morgan fingerprint density at radius 2 is 1.48 bits per heavy atom. The molecule has 0 heterocycles. The summed E-state index contributed by atoms with van der Waals surface area (Å²) in [6.07, 6.45) is -1.39. The van der Waals surface area contributed by atoms with Crippen LogP contribution in [-0.2, 0) is 6.18 Å². The lowest BCUT2D eigenvalue weighted by Gasteiger charge is -2.12. The topological polar surface area (TPSA) is 3.24 Å². The van der Waals surface area contributed by atoms with Gasteiger partial charge in [0.1, 0.15) is 0 Å². The van der Waals surface area contributed by atoms with Crippen LogP contribution in [0.15, 0.2) is 60.7 Å². The third kappa shape index (κ3) is 4.96. The predicted molar refractivity (Wildman–Crippen MR) is 88.1 cm³/mol. The molecule has 0 spiro atoms. The number of hydrogen-bond acceptors (Lipinski definition) is 1. The lowest BCUT2D eigenvalue weighted by Crippen LogP contribution is -2.12. The van der Waals surface area contributed by atoms with Gasteiger partial charge < -0.3 is 4.90 Å². The van der Waals surface area contributed by atoms with Crippen LogP contribution in [0.25, 0.3) is 5.57 Å². The molecule has 122 valence electrons. The normalized spacial score (nSPS) is 12.7. The van der Waals surface area contributed by atoms with Gasteiger partial charge in [-0.25, -0.2) is 0 Å². The summed E-state index contributed by atoms with van der Waals surface area (Å²) in [5.74, 6) is 0. The van der Waals surface area contributed by atoms with Crippen molar-refractivity contribution in [2.75, 3.05) is 20.6 Å². The fourth-order valence-electron chi connectivity index (χ4n) is 2.33. The highest BCUT2D eigenvalue weighted by Crippen LogP contribution is 2.31. The largest absolute Gasteiger partial charge is 0.416 e. The Balaban J connectivity index is 2.34. The van der Waals surface area contributed by atoms with E-state index in [0.717, 1.165) is 41.8 Å². The summed E-state index contributed by atoms with van der Waals surface area (Å²) in [6, 6.07) is 15.1. The Bertz CT molecular complexity index is 641. The average molecular weight is 319 g/mol. The Labute approximate surface area is 135 Å². The fraction of sp³-hybridized carbons (Fsp3) is 0.263. The van der Waals surface area contributed by atoms with Gasteiger partial charge in [-0.1, -0.05) is 48.5 Å². The minimum atomic E-state index is -4.31. The highest BCUT2D eigenvalue weighted by atomic mass is 19.4. The van der Waals surface area contributed by atoms with Crippen molar-refractivity contribution in [3.05, 3.63) is 77.4 Å². The zero-order valence-electron chi connectivity index (χ0n) is 13.3. The second kappa shape index (κ2) is 7.47. The molecule has 0 unspecified atom stereocenters. The lowest BCUT2D eigenvalue weighted by molar-refractivity contribution is -0.137. The van der Waals surface area contributed by atoms with E-state index in [4.69, 9.17) is 0 Å². The van der Waals surface area contributed by atoms with E-state index in [1.54, 1.807) is 0 Å². The fourth-order valence-corrected chi connectivity index (χ4v) is 2.33. The first-order chi connectivity index (χ1) is 10.9. The molecule has 23 heavy (non-hydrogen) atoms. The van der Waals surface area contributed by atoms with E-state index in [0.29, 0.717) is 0 Å². The third-order valence-electron chi connectivity index (χ3n) is 3.53. The van der Waals surface area contributed by atoms with E-state index >= 15 is 0 Å². The molecular formula is C19H20F3N. The average Bonchev–Trinajstić information content (AvgIpc) is 2.51.